The minimum absolute atomic E-state index is 0.00247. The van der Waals surface area contributed by atoms with Gasteiger partial charge in [-0.05, 0) is 30.2 Å². The van der Waals surface area contributed by atoms with Crippen molar-refractivity contribution in [1.82, 2.24) is 4.90 Å². The maximum absolute atomic E-state index is 12.2. The molecule has 0 bridgehead atoms. The number of carbonyl (C=O) groups excluding carboxylic acids is 1. The third-order valence-corrected chi connectivity index (χ3v) is 4.95. The Morgan fingerprint density at radius 3 is 2.60 bits per heavy atom. The normalized spacial score (nSPS) is 20.8. The van der Waals surface area contributed by atoms with Gasteiger partial charge in [-0.2, -0.15) is 0 Å². The van der Waals surface area contributed by atoms with Crippen molar-refractivity contribution in [2.24, 2.45) is 0 Å². The van der Waals surface area contributed by atoms with Crippen molar-refractivity contribution in [3.8, 4) is 0 Å². The average Bonchev–Trinajstić information content (AvgIpc) is 2.91. The zero-order valence-corrected chi connectivity index (χ0v) is 11.9. The van der Waals surface area contributed by atoms with Crippen molar-refractivity contribution in [1.29, 1.82) is 0 Å². The first kappa shape index (κ1) is 14.9. The second kappa shape index (κ2) is 5.45. The van der Waals surface area contributed by atoms with Crippen LogP contribution >= 0.6 is 11.6 Å². The first-order chi connectivity index (χ1) is 9.28. The molecule has 0 aliphatic carbocycles. The van der Waals surface area contributed by atoms with Crippen LogP contribution in [0, 0.1) is 0 Å². The molecule has 1 amide bonds. The van der Waals surface area contributed by atoms with Crippen molar-refractivity contribution in [3.63, 3.8) is 0 Å². The van der Waals surface area contributed by atoms with Gasteiger partial charge in [-0.1, -0.05) is 0 Å². The average molecular weight is 322 g/mol. The highest BCUT2D eigenvalue weighted by atomic mass is 35.5. The van der Waals surface area contributed by atoms with Gasteiger partial charge in [-0.25, -0.2) is 8.42 Å². The molecular weight excluding hydrogens is 310 g/mol. The van der Waals surface area contributed by atoms with E-state index in [-0.39, 0.29) is 28.9 Å². The van der Waals surface area contributed by atoms with Gasteiger partial charge in [0.15, 0.2) is 20.8 Å². The molecule has 0 aromatic carbocycles. The second-order valence-electron chi connectivity index (χ2n) is 4.49. The van der Waals surface area contributed by atoms with E-state index in [2.05, 4.69) is 0 Å². The summed E-state index contributed by atoms with van der Waals surface area (Å²) < 4.78 is 27.9. The summed E-state index contributed by atoms with van der Waals surface area (Å²) in [6, 6.07) is 2.02. The van der Waals surface area contributed by atoms with E-state index in [1.807, 2.05) is 0 Å². The van der Waals surface area contributed by atoms with Crippen LogP contribution in [0.25, 0.3) is 0 Å². The highest BCUT2D eigenvalue weighted by Gasteiger charge is 2.36. The molecule has 1 atom stereocenters. The van der Waals surface area contributed by atoms with Crippen molar-refractivity contribution < 1.29 is 27.5 Å². The Hall–Kier alpha value is -1.54. The van der Waals surface area contributed by atoms with E-state index in [1.54, 1.807) is 0 Å². The molecular formula is C11H12ClNO6S. The highest BCUT2D eigenvalue weighted by Crippen LogP contribution is 2.21. The van der Waals surface area contributed by atoms with Crippen molar-refractivity contribution in [3.05, 3.63) is 23.1 Å². The Morgan fingerprint density at radius 1 is 1.45 bits per heavy atom. The molecule has 0 radical (unpaired) electrons. The summed E-state index contributed by atoms with van der Waals surface area (Å²) >= 11 is 5.57. The van der Waals surface area contributed by atoms with Crippen molar-refractivity contribution >= 4 is 33.3 Å². The maximum atomic E-state index is 12.2. The summed E-state index contributed by atoms with van der Waals surface area (Å²) in [5, 5.41) is 8.88. The number of halogens is 1. The highest BCUT2D eigenvalue weighted by molar-refractivity contribution is 7.91. The van der Waals surface area contributed by atoms with Gasteiger partial charge in [0, 0.05) is 6.04 Å². The van der Waals surface area contributed by atoms with Crippen LogP contribution in [0.2, 0.25) is 5.22 Å². The van der Waals surface area contributed by atoms with Crippen LogP contribution in [0.4, 0.5) is 0 Å². The number of furan rings is 1. The number of hydrogen-bond donors (Lipinski definition) is 1. The minimum atomic E-state index is -3.23. The number of aliphatic carboxylic acids is 1. The van der Waals surface area contributed by atoms with Crippen LogP contribution in [-0.4, -0.2) is 54.4 Å². The quantitative estimate of drug-likeness (QED) is 0.872. The van der Waals surface area contributed by atoms with Crippen LogP contribution in [0.3, 0.4) is 0 Å². The van der Waals surface area contributed by atoms with E-state index in [1.165, 1.54) is 12.1 Å². The Kier molecular flexibility index (Phi) is 4.05. The van der Waals surface area contributed by atoms with Crippen LogP contribution in [-0.2, 0) is 14.6 Å². The number of nitrogens with zero attached hydrogens (tertiary/aromatic N) is 1. The van der Waals surface area contributed by atoms with Gasteiger partial charge in [0.2, 0.25) is 0 Å². The molecule has 1 saturated heterocycles. The Bertz CT molecular complexity index is 637. The van der Waals surface area contributed by atoms with Gasteiger partial charge in [-0.15, -0.1) is 0 Å². The number of carboxylic acid groups (broad SMARTS) is 1. The molecule has 2 rings (SSSR count). The van der Waals surface area contributed by atoms with E-state index in [9.17, 15) is 18.0 Å². The molecule has 1 fully saturated rings. The Labute approximate surface area is 120 Å². The largest absolute Gasteiger partial charge is 0.480 e. The van der Waals surface area contributed by atoms with E-state index in [0.29, 0.717) is 0 Å². The van der Waals surface area contributed by atoms with Gasteiger partial charge in [-0.3, -0.25) is 9.59 Å². The lowest BCUT2D eigenvalue weighted by Gasteiger charge is -2.25. The summed E-state index contributed by atoms with van der Waals surface area (Å²) in [6.45, 7) is -0.586. The Morgan fingerprint density at radius 2 is 2.15 bits per heavy atom. The molecule has 1 aliphatic heterocycles. The molecule has 1 aromatic heterocycles. The Balaban J connectivity index is 2.24. The van der Waals surface area contributed by atoms with E-state index in [4.69, 9.17) is 21.1 Å². The number of sulfone groups is 1. The van der Waals surface area contributed by atoms with E-state index < -0.39 is 34.3 Å². The molecule has 1 N–H and O–H groups in total. The zero-order valence-electron chi connectivity index (χ0n) is 10.3. The van der Waals surface area contributed by atoms with Crippen LogP contribution in [0.5, 0.6) is 0 Å². The lowest BCUT2D eigenvalue weighted by molar-refractivity contribution is -0.138. The topological polar surface area (TPSA) is 105 Å². The number of hydrogen-bond acceptors (Lipinski definition) is 5. The standard InChI is InChI=1S/C11H12ClNO6S/c12-9-2-1-8(19-9)11(16)13(5-10(14)15)7-3-4-20(17,18)6-7/h1-2,7H,3-6H2,(H,14,15). The maximum Gasteiger partial charge on any atom is 0.323 e. The summed E-state index contributed by atoms with van der Waals surface area (Å²) in [6.07, 6.45) is 0.218. The molecule has 2 heterocycles. The van der Waals surface area contributed by atoms with Gasteiger partial charge >= 0.3 is 5.97 Å². The fraction of sp³-hybridized carbons (Fsp3) is 0.455. The number of rotatable bonds is 4. The van der Waals surface area contributed by atoms with Gasteiger partial charge in [0.25, 0.3) is 5.91 Å². The van der Waals surface area contributed by atoms with Crippen molar-refractivity contribution in [2.75, 3.05) is 18.1 Å². The SMILES string of the molecule is O=C(O)CN(C(=O)c1ccc(Cl)o1)C1CCS(=O)(=O)C1. The summed E-state index contributed by atoms with van der Waals surface area (Å²) in [4.78, 5) is 24.1. The third-order valence-electron chi connectivity index (χ3n) is 3.00. The first-order valence-electron chi connectivity index (χ1n) is 5.77. The fourth-order valence-corrected chi connectivity index (χ4v) is 3.98. The number of amides is 1. The smallest absolute Gasteiger partial charge is 0.323 e. The number of carbonyl (C=O) groups is 2. The molecule has 1 aliphatic rings. The fourth-order valence-electron chi connectivity index (χ4n) is 2.10. The lowest BCUT2D eigenvalue weighted by Crippen LogP contribution is -2.44. The molecule has 9 heteroatoms. The van der Waals surface area contributed by atoms with Crippen LogP contribution < -0.4 is 0 Å². The molecule has 20 heavy (non-hydrogen) atoms. The second-order valence-corrected chi connectivity index (χ2v) is 7.09. The molecule has 0 spiro atoms. The molecule has 0 saturated carbocycles. The van der Waals surface area contributed by atoms with E-state index >= 15 is 0 Å². The van der Waals surface area contributed by atoms with Crippen molar-refractivity contribution in [2.45, 2.75) is 12.5 Å². The van der Waals surface area contributed by atoms with Crippen LogP contribution in [0.1, 0.15) is 17.0 Å². The van der Waals surface area contributed by atoms with Gasteiger partial charge in [0.1, 0.15) is 6.54 Å². The lowest BCUT2D eigenvalue weighted by atomic mass is 10.2. The molecule has 110 valence electrons. The zero-order chi connectivity index (χ0) is 14.9. The summed E-state index contributed by atoms with van der Waals surface area (Å²) in [7, 11) is -3.23. The van der Waals surface area contributed by atoms with Crippen LogP contribution in [0.15, 0.2) is 16.5 Å². The number of carboxylic acids is 1. The minimum Gasteiger partial charge on any atom is -0.480 e. The third kappa shape index (κ3) is 3.31. The first-order valence-corrected chi connectivity index (χ1v) is 7.97. The predicted octanol–water partition coefficient (Wildman–Crippen LogP) is 0.647. The molecule has 7 nitrogen and oxygen atoms in total. The summed E-state index contributed by atoms with van der Waals surface area (Å²) in [5.41, 5.74) is 0. The molecule has 1 aromatic rings. The van der Waals surface area contributed by atoms with Gasteiger partial charge < -0.3 is 14.4 Å². The molecule has 1 unspecified atom stereocenters. The monoisotopic (exact) mass is 321 g/mol. The summed E-state index contributed by atoms with van der Waals surface area (Å²) in [5.74, 6) is -2.30. The van der Waals surface area contributed by atoms with E-state index in [0.717, 1.165) is 4.90 Å². The predicted molar refractivity (Wildman–Crippen MR) is 69.4 cm³/mol. The van der Waals surface area contributed by atoms with Gasteiger partial charge in [0.05, 0.1) is 11.5 Å².